The largest absolute Gasteiger partial charge is 0.433 e. The minimum Gasteiger partial charge on any atom is -0.326 e. The van der Waals surface area contributed by atoms with Gasteiger partial charge in [-0.3, -0.25) is 9.78 Å². The molecular formula is C23H17F3N6O. The van der Waals surface area contributed by atoms with Crippen LogP contribution < -0.4 is 5.32 Å². The zero-order chi connectivity index (χ0) is 23.0. The van der Waals surface area contributed by atoms with Crippen LogP contribution >= 0.6 is 0 Å². The molecule has 1 aliphatic rings. The number of hydrogen-bond acceptors (Lipinski definition) is 5. The van der Waals surface area contributed by atoms with Crippen LogP contribution in [0.1, 0.15) is 23.6 Å². The molecule has 1 saturated carbocycles. The molecule has 166 valence electrons. The summed E-state index contributed by atoms with van der Waals surface area (Å²) in [6.45, 7) is 0. The summed E-state index contributed by atoms with van der Waals surface area (Å²) in [7, 11) is 0. The number of nitrogens with one attached hydrogen (secondary N) is 2. The SMILES string of the molecule is O=C(Nc1ccc(-c2ccc(C(F)(F)F)nc2)c(-c2nn[nH]n2)c1)C1CC1c1ccccc1. The lowest BCUT2D eigenvalue weighted by atomic mass is 9.99. The van der Waals surface area contributed by atoms with E-state index in [9.17, 15) is 18.0 Å². The number of amides is 1. The molecule has 2 heterocycles. The average molecular weight is 450 g/mol. The number of benzene rings is 2. The van der Waals surface area contributed by atoms with Crippen molar-refractivity contribution in [1.82, 2.24) is 25.6 Å². The maximum absolute atomic E-state index is 12.9. The van der Waals surface area contributed by atoms with E-state index >= 15 is 0 Å². The highest BCUT2D eigenvalue weighted by Gasteiger charge is 2.43. The summed E-state index contributed by atoms with van der Waals surface area (Å²) in [4.78, 5) is 16.3. The summed E-state index contributed by atoms with van der Waals surface area (Å²) >= 11 is 0. The van der Waals surface area contributed by atoms with Crippen molar-refractivity contribution in [2.75, 3.05) is 5.32 Å². The number of pyridine rings is 1. The van der Waals surface area contributed by atoms with Gasteiger partial charge >= 0.3 is 6.18 Å². The number of halogens is 3. The molecule has 2 aromatic carbocycles. The molecule has 1 fully saturated rings. The van der Waals surface area contributed by atoms with Crippen LogP contribution in [0.4, 0.5) is 18.9 Å². The fourth-order valence-electron chi connectivity index (χ4n) is 3.84. The van der Waals surface area contributed by atoms with E-state index in [2.05, 4.69) is 30.9 Å². The van der Waals surface area contributed by atoms with Gasteiger partial charge in [0.1, 0.15) is 5.69 Å². The van der Waals surface area contributed by atoms with Gasteiger partial charge in [-0.2, -0.15) is 18.4 Å². The highest BCUT2D eigenvalue weighted by Crippen LogP contribution is 2.48. The minimum absolute atomic E-state index is 0.0909. The molecule has 0 spiro atoms. The van der Waals surface area contributed by atoms with Crippen molar-refractivity contribution in [2.24, 2.45) is 5.92 Å². The van der Waals surface area contributed by atoms with Gasteiger partial charge in [0.05, 0.1) is 0 Å². The summed E-state index contributed by atoms with van der Waals surface area (Å²) in [6.07, 6.45) is -2.60. The fraction of sp³-hybridized carbons (Fsp3) is 0.174. The lowest BCUT2D eigenvalue weighted by Crippen LogP contribution is -2.14. The van der Waals surface area contributed by atoms with Gasteiger partial charge in [0, 0.05) is 28.9 Å². The van der Waals surface area contributed by atoms with Crippen LogP contribution in [-0.2, 0) is 11.0 Å². The Hall–Kier alpha value is -4.08. The molecule has 0 bridgehead atoms. The number of anilines is 1. The number of carbonyl (C=O) groups excluding carboxylic acids is 1. The standard InChI is InChI=1S/C23H17F3N6O/c24-23(25,26)20-9-6-14(12-27-20)16-8-7-15(10-18(16)21-29-31-32-30-21)28-22(33)19-11-17(19)13-4-2-1-3-5-13/h1-10,12,17,19H,11H2,(H,28,33)(H,29,30,31,32). The van der Waals surface area contributed by atoms with Crippen LogP contribution in [0.15, 0.2) is 66.9 Å². The molecule has 7 nitrogen and oxygen atoms in total. The second-order valence-electron chi connectivity index (χ2n) is 7.77. The molecule has 0 aliphatic heterocycles. The Labute approximate surface area is 186 Å². The van der Waals surface area contributed by atoms with E-state index in [0.29, 0.717) is 22.4 Å². The average Bonchev–Trinajstić information content (AvgIpc) is 3.44. The zero-order valence-electron chi connectivity index (χ0n) is 17.0. The lowest BCUT2D eigenvalue weighted by molar-refractivity contribution is -0.141. The van der Waals surface area contributed by atoms with Gasteiger partial charge in [-0.15, -0.1) is 10.2 Å². The van der Waals surface area contributed by atoms with E-state index in [1.165, 1.54) is 6.07 Å². The Bertz CT molecular complexity index is 1270. The number of hydrogen-bond donors (Lipinski definition) is 2. The first kappa shape index (κ1) is 20.8. The van der Waals surface area contributed by atoms with Crippen molar-refractivity contribution >= 4 is 11.6 Å². The maximum atomic E-state index is 12.9. The molecule has 2 aromatic heterocycles. The van der Waals surface area contributed by atoms with Crippen LogP contribution in [0.3, 0.4) is 0 Å². The molecule has 5 rings (SSSR count). The molecule has 33 heavy (non-hydrogen) atoms. The molecule has 1 aliphatic carbocycles. The van der Waals surface area contributed by atoms with Crippen molar-refractivity contribution < 1.29 is 18.0 Å². The minimum atomic E-state index is -4.52. The van der Waals surface area contributed by atoms with E-state index < -0.39 is 11.9 Å². The normalized spacial score (nSPS) is 17.5. The molecule has 0 radical (unpaired) electrons. The number of carbonyl (C=O) groups is 1. The maximum Gasteiger partial charge on any atom is 0.433 e. The zero-order valence-corrected chi connectivity index (χ0v) is 17.0. The molecule has 2 atom stereocenters. The van der Waals surface area contributed by atoms with Crippen molar-refractivity contribution in [3.05, 3.63) is 78.1 Å². The molecule has 2 unspecified atom stereocenters. The quantitative estimate of drug-likeness (QED) is 0.460. The van der Waals surface area contributed by atoms with Crippen molar-refractivity contribution in [1.29, 1.82) is 0 Å². The Morgan fingerprint density at radius 1 is 1.03 bits per heavy atom. The third-order valence-electron chi connectivity index (χ3n) is 5.59. The first-order valence-corrected chi connectivity index (χ1v) is 10.2. The summed E-state index contributed by atoms with van der Waals surface area (Å²) < 4.78 is 38.6. The number of aromatic amines is 1. The summed E-state index contributed by atoms with van der Waals surface area (Å²) in [5.41, 5.74) is 2.20. The van der Waals surface area contributed by atoms with Gasteiger partial charge < -0.3 is 5.32 Å². The van der Waals surface area contributed by atoms with Crippen molar-refractivity contribution in [2.45, 2.75) is 18.5 Å². The third kappa shape index (κ3) is 4.32. The van der Waals surface area contributed by atoms with Gasteiger partial charge in [-0.05, 0) is 46.9 Å². The Kier molecular flexibility index (Phi) is 5.12. The second-order valence-corrected chi connectivity index (χ2v) is 7.77. The van der Waals surface area contributed by atoms with Gasteiger partial charge in [0.25, 0.3) is 0 Å². The van der Waals surface area contributed by atoms with Crippen LogP contribution in [-0.4, -0.2) is 31.5 Å². The van der Waals surface area contributed by atoms with Crippen molar-refractivity contribution in [3.8, 4) is 22.5 Å². The van der Waals surface area contributed by atoms with E-state index in [1.54, 1.807) is 18.2 Å². The second kappa shape index (κ2) is 8.12. The topological polar surface area (TPSA) is 96.5 Å². The molecule has 0 saturated heterocycles. The Morgan fingerprint density at radius 2 is 1.85 bits per heavy atom. The molecule has 4 aromatic rings. The van der Waals surface area contributed by atoms with Crippen LogP contribution in [0.25, 0.3) is 22.5 Å². The summed E-state index contributed by atoms with van der Waals surface area (Å²) in [5.74, 6) is 0.238. The van der Waals surface area contributed by atoms with E-state index in [-0.39, 0.29) is 23.6 Å². The number of aromatic nitrogens is 5. The fourth-order valence-corrected chi connectivity index (χ4v) is 3.84. The molecule has 2 N–H and O–H groups in total. The molecular weight excluding hydrogens is 433 g/mol. The molecule has 10 heteroatoms. The van der Waals surface area contributed by atoms with E-state index in [1.807, 2.05) is 30.3 Å². The predicted molar refractivity (Wildman–Crippen MR) is 114 cm³/mol. The van der Waals surface area contributed by atoms with Crippen LogP contribution in [0.5, 0.6) is 0 Å². The van der Waals surface area contributed by atoms with Crippen molar-refractivity contribution in [3.63, 3.8) is 0 Å². The van der Waals surface area contributed by atoms with Gasteiger partial charge in [0.2, 0.25) is 11.7 Å². The lowest BCUT2D eigenvalue weighted by Gasteiger charge is -2.12. The molecule has 1 amide bonds. The first-order chi connectivity index (χ1) is 15.9. The third-order valence-corrected chi connectivity index (χ3v) is 5.59. The summed E-state index contributed by atoms with van der Waals surface area (Å²) in [6, 6.07) is 17.2. The Morgan fingerprint density at radius 3 is 2.52 bits per heavy atom. The highest BCUT2D eigenvalue weighted by atomic mass is 19.4. The first-order valence-electron chi connectivity index (χ1n) is 10.2. The van der Waals surface area contributed by atoms with Gasteiger partial charge in [-0.1, -0.05) is 42.5 Å². The summed E-state index contributed by atoms with van der Waals surface area (Å²) in [5, 5.41) is 16.8. The number of rotatable bonds is 5. The number of alkyl halides is 3. The monoisotopic (exact) mass is 450 g/mol. The van der Waals surface area contributed by atoms with E-state index in [0.717, 1.165) is 24.2 Å². The van der Waals surface area contributed by atoms with Gasteiger partial charge in [-0.25, -0.2) is 0 Å². The van der Waals surface area contributed by atoms with Gasteiger partial charge in [0.15, 0.2) is 0 Å². The number of tetrazole rings is 1. The highest BCUT2D eigenvalue weighted by molar-refractivity contribution is 5.96. The smallest absolute Gasteiger partial charge is 0.326 e. The number of H-pyrrole nitrogens is 1. The Balaban J connectivity index is 1.40. The van der Waals surface area contributed by atoms with Crippen LogP contribution in [0.2, 0.25) is 0 Å². The number of nitrogens with zero attached hydrogens (tertiary/aromatic N) is 4. The van der Waals surface area contributed by atoms with E-state index in [4.69, 9.17) is 0 Å². The van der Waals surface area contributed by atoms with Crippen LogP contribution in [0, 0.1) is 5.92 Å². The predicted octanol–water partition coefficient (Wildman–Crippen LogP) is 4.69.